The van der Waals surface area contributed by atoms with Crippen LogP contribution in [0.25, 0.3) is 10.9 Å². The fourth-order valence-corrected chi connectivity index (χ4v) is 4.21. The van der Waals surface area contributed by atoms with Crippen molar-refractivity contribution in [2.75, 3.05) is 17.2 Å². The number of nitriles is 1. The van der Waals surface area contributed by atoms with Crippen LogP contribution >= 0.6 is 23.2 Å². The lowest BCUT2D eigenvalue weighted by Gasteiger charge is -2.14. The Morgan fingerprint density at radius 1 is 1.23 bits per heavy atom. The second-order valence-electron chi connectivity index (χ2n) is 7.78. The molecule has 1 atom stereocenters. The number of pyridine rings is 1. The van der Waals surface area contributed by atoms with Crippen molar-refractivity contribution in [2.24, 2.45) is 0 Å². The van der Waals surface area contributed by atoms with Crippen LogP contribution < -0.4 is 10.6 Å². The zero-order chi connectivity index (χ0) is 24.5. The number of carbonyl (C=O) groups excluding carboxylic acids is 1. The summed E-state index contributed by atoms with van der Waals surface area (Å²) in [4.78, 5) is 16.1. The fraction of sp³-hybridized carbons (Fsp3) is 0.174. The molecule has 1 aliphatic heterocycles. The van der Waals surface area contributed by atoms with E-state index in [2.05, 4.69) is 32.0 Å². The first-order chi connectivity index (χ1) is 16.9. The van der Waals surface area contributed by atoms with Gasteiger partial charge in [-0.2, -0.15) is 5.26 Å². The molecule has 1 unspecified atom stereocenters. The third kappa shape index (κ3) is 4.56. The number of nitrogens with one attached hydrogen (secondary N) is 2. The lowest BCUT2D eigenvalue weighted by Crippen LogP contribution is -2.14. The van der Waals surface area contributed by atoms with Gasteiger partial charge in [0.25, 0.3) is 0 Å². The first-order valence-electron chi connectivity index (χ1n) is 10.5. The molecule has 3 heterocycles. The number of hydrogen-bond donors (Lipinski definition) is 2. The van der Waals surface area contributed by atoms with Gasteiger partial charge in [0.05, 0.1) is 46.2 Å². The molecule has 0 radical (unpaired) electrons. The molecule has 176 valence electrons. The highest BCUT2D eigenvalue weighted by molar-refractivity contribution is 6.36. The first-order valence-corrected chi connectivity index (χ1v) is 11.2. The minimum Gasteiger partial charge on any atom is -0.464 e. The second kappa shape index (κ2) is 9.37. The lowest BCUT2D eigenvalue weighted by atomic mass is 10.1. The van der Waals surface area contributed by atoms with Gasteiger partial charge in [0, 0.05) is 29.4 Å². The minimum atomic E-state index is -0.548. The van der Waals surface area contributed by atoms with Gasteiger partial charge in [0.2, 0.25) is 0 Å². The molecule has 0 aliphatic carbocycles. The summed E-state index contributed by atoms with van der Waals surface area (Å²) in [6.07, 6.45) is 3.66. The monoisotopic (exact) mass is 511 g/mol. The predicted octanol–water partition coefficient (Wildman–Crippen LogP) is 4.99. The van der Waals surface area contributed by atoms with Gasteiger partial charge in [0.1, 0.15) is 17.6 Å². The van der Waals surface area contributed by atoms with Crippen molar-refractivity contribution in [3.05, 3.63) is 69.8 Å². The number of aromatic nitrogens is 4. The van der Waals surface area contributed by atoms with Crippen molar-refractivity contribution in [2.45, 2.75) is 19.0 Å². The van der Waals surface area contributed by atoms with Crippen LogP contribution in [-0.4, -0.2) is 32.6 Å². The topological polar surface area (TPSA) is 118 Å². The zero-order valence-electron chi connectivity index (χ0n) is 17.9. The molecule has 4 aromatic rings. The molecule has 2 N–H and O–H groups in total. The summed E-state index contributed by atoms with van der Waals surface area (Å²) in [5.41, 5.74) is 2.97. The first kappa shape index (κ1) is 22.8. The van der Waals surface area contributed by atoms with E-state index in [1.54, 1.807) is 18.3 Å². The van der Waals surface area contributed by atoms with E-state index < -0.39 is 11.9 Å². The quantitative estimate of drug-likeness (QED) is 0.347. The predicted molar refractivity (Wildman–Crippen MR) is 128 cm³/mol. The molecule has 5 rings (SSSR count). The Bertz CT molecular complexity index is 1500. The zero-order valence-corrected chi connectivity index (χ0v) is 19.4. The van der Waals surface area contributed by atoms with E-state index in [0.29, 0.717) is 58.3 Å². The number of esters is 1. The average molecular weight is 512 g/mol. The molecule has 1 saturated heterocycles. The van der Waals surface area contributed by atoms with E-state index in [1.165, 1.54) is 29.1 Å². The van der Waals surface area contributed by atoms with Crippen LogP contribution in [0.5, 0.6) is 0 Å². The summed E-state index contributed by atoms with van der Waals surface area (Å²) in [7, 11) is 0. The summed E-state index contributed by atoms with van der Waals surface area (Å²) in [5.74, 6) is -0.868. The Morgan fingerprint density at radius 3 is 2.80 bits per heavy atom. The highest BCUT2D eigenvalue weighted by Gasteiger charge is 2.29. The number of fused-ring (bicyclic) bond motifs is 1. The number of benzene rings is 2. The van der Waals surface area contributed by atoms with Gasteiger partial charge in [0.15, 0.2) is 6.04 Å². The maximum Gasteiger partial charge on any atom is 0.331 e. The van der Waals surface area contributed by atoms with Crippen LogP contribution in [0.1, 0.15) is 23.7 Å². The van der Waals surface area contributed by atoms with E-state index in [-0.39, 0.29) is 16.6 Å². The van der Waals surface area contributed by atoms with Crippen molar-refractivity contribution >= 4 is 57.1 Å². The van der Waals surface area contributed by atoms with Gasteiger partial charge >= 0.3 is 5.97 Å². The normalized spacial score (nSPS) is 15.1. The molecule has 0 spiro atoms. The van der Waals surface area contributed by atoms with Crippen LogP contribution in [0.2, 0.25) is 10.0 Å². The third-order valence-electron chi connectivity index (χ3n) is 5.49. The second-order valence-corrected chi connectivity index (χ2v) is 8.60. The highest BCUT2D eigenvalue weighted by atomic mass is 35.5. The van der Waals surface area contributed by atoms with E-state index in [0.717, 1.165) is 0 Å². The molecular weight excluding hydrogens is 496 g/mol. The van der Waals surface area contributed by atoms with Crippen molar-refractivity contribution in [1.29, 1.82) is 5.26 Å². The average Bonchev–Trinajstić information content (AvgIpc) is 3.49. The van der Waals surface area contributed by atoms with Gasteiger partial charge in [-0.1, -0.05) is 28.4 Å². The number of hydrogen-bond acceptors (Lipinski definition) is 8. The van der Waals surface area contributed by atoms with Gasteiger partial charge < -0.3 is 15.4 Å². The number of rotatable bonds is 6. The molecule has 0 amide bonds. The van der Waals surface area contributed by atoms with Crippen LogP contribution in [0.15, 0.2) is 42.7 Å². The van der Waals surface area contributed by atoms with E-state index >= 15 is 0 Å². The van der Waals surface area contributed by atoms with Crippen LogP contribution in [0.3, 0.4) is 0 Å². The molecular formula is C23H16Cl2FN7O2. The third-order valence-corrected chi connectivity index (χ3v) is 6.07. The Hall–Kier alpha value is -3.94. The standard InChI is InChI=1S/C23H16Cl2FN7O2/c24-17-6-13(1-2-19(17)26)30-21-12(8-27)9-29-22-16(21)5-14(7-18(22)25)28-10-15-11-33(32-31-15)20-3-4-35-23(20)34/h1-2,5-7,9,11,20,28H,3-4,10H2,(H,29,30). The maximum atomic E-state index is 13.6. The SMILES string of the molecule is N#Cc1cnc2c(Cl)cc(NCc3cn(C4CCOC4=O)nn3)cc2c1Nc1ccc(F)c(Cl)c1. The van der Waals surface area contributed by atoms with Gasteiger partial charge in [-0.3, -0.25) is 4.98 Å². The molecule has 9 nitrogen and oxygen atoms in total. The number of ether oxygens (including phenoxy) is 1. The summed E-state index contributed by atoms with van der Waals surface area (Å²) in [6.45, 7) is 0.678. The molecule has 2 aromatic heterocycles. The van der Waals surface area contributed by atoms with Crippen molar-refractivity contribution in [1.82, 2.24) is 20.0 Å². The summed E-state index contributed by atoms with van der Waals surface area (Å²) in [6, 6.07) is 9.33. The Labute approximate surface area is 208 Å². The number of halogens is 3. The Morgan fingerprint density at radius 2 is 2.06 bits per heavy atom. The maximum absolute atomic E-state index is 13.6. The largest absolute Gasteiger partial charge is 0.464 e. The smallest absolute Gasteiger partial charge is 0.331 e. The number of nitrogens with zero attached hydrogens (tertiary/aromatic N) is 5. The van der Waals surface area contributed by atoms with E-state index in [4.69, 9.17) is 27.9 Å². The number of anilines is 3. The van der Waals surface area contributed by atoms with Crippen LogP contribution in [-0.2, 0) is 16.1 Å². The van der Waals surface area contributed by atoms with E-state index in [9.17, 15) is 14.4 Å². The van der Waals surface area contributed by atoms with Crippen molar-refractivity contribution < 1.29 is 13.9 Å². The van der Waals surface area contributed by atoms with Crippen molar-refractivity contribution in [3.63, 3.8) is 0 Å². The van der Waals surface area contributed by atoms with Gasteiger partial charge in [-0.05, 0) is 30.3 Å². The molecule has 35 heavy (non-hydrogen) atoms. The minimum absolute atomic E-state index is 0.0498. The molecule has 12 heteroatoms. The Balaban J connectivity index is 1.44. The summed E-state index contributed by atoms with van der Waals surface area (Å²) >= 11 is 12.4. The molecule has 1 fully saturated rings. The summed E-state index contributed by atoms with van der Waals surface area (Å²) < 4.78 is 20.1. The molecule has 0 saturated carbocycles. The van der Waals surface area contributed by atoms with E-state index in [1.807, 2.05) is 0 Å². The molecule has 1 aliphatic rings. The highest BCUT2D eigenvalue weighted by Crippen LogP contribution is 2.35. The van der Waals surface area contributed by atoms with Gasteiger partial charge in [-0.15, -0.1) is 5.10 Å². The fourth-order valence-electron chi connectivity index (χ4n) is 3.76. The van der Waals surface area contributed by atoms with Crippen LogP contribution in [0.4, 0.5) is 21.5 Å². The lowest BCUT2D eigenvalue weighted by molar-refractivity contribution is -0.140. The molecule has 2 aromatic carbocycles. The molecule has 0 bridgehead atoms. The van der Waals surface area contributed by atoms with Crippen LogP contribution in [0, 0.1) is 17.1 Å². The Kier molecular flexibility index (Phi) is 6.11. The van der Waals surface area contributed by atoms with Gasteiger partial charge in [-0.25, -0.2) is 13.9 Å². The number of cyclic esters (lactones) is 1. The summed E-state index contributed by atoms with van der Waals surface area (Å²) in [5, 5.41) is 25.0. The van der Waals surface area contributed by atoms with Crippen molar-refractivity contribution in [3.8, 4) is 6.07 Å². The number of carbonyl (C=O) groups is 1.